The first kappa shape index (κ1) is 19.4. The highest BCUT2D eigenvalue weighted by Crippen LogP contribution is 2.32. The van der Waals surface area contributed by atoms with E-state index in [-0.39, 0.29) is 17.9 Å². The molecule has 0 saturated carbocycles. The van der Waals surface area contributed by atoms with Crippen LogP contribution >= 0.6 is 0 Å². The molecule has 1 aromatic rings. The van der Waals surface area contributed by atoms with Crippen LogP contribution < -0.4 is 10.6 Å². The first-order valence-corrected chi connectivity index (χ1v) is 9.46. The topological polar surface area (TPSA) is 98.7 Å². The number of amides is 2. The number of hydrogen-bond acceptors (Lipinski definition) is 5. The minimum Gasteiger partial charge on any atom is -0.480 e. The van der Waals surface area contributed by atoms with Crippen molar-refractivity contribution in [3.05, 3.63) is 29.8 Å². The summed E-state index contributed by atoms with van der Waals surface area (Å²) >= 11 is 0. The molecule has 1 unspecified atom stereocenters. The highest BCUT2D eigenvalue weighted by molar-refractivity contribution is 6.01. The van der Waals surface area contributed by atoms with Crippen molar-refractivity contribution in [2.24, 2.45) is 0 Å². The van der Waals surface area contributed by atoms with Crippen LogP contribution in [-0.2, 0) is 14.4 Å². The quantitative estimate of drug-likeness (QED) is 0.683. The van der Waals surface area contributed by atoms with E-state index >= 15 is 0 Å². The third kappa shape index (κ3) is 4.30. The van der Waals surface area contributed by atoms with Gasteiger partial charge < -0.3 is 10.4 Å². The summed E-state index contributed by atoms with van der Waals surface area (Å²) in [7, 11) is 0. The summed E-state index contributed by atoms with van der Waals surface area (Å²) in [5.74, 6) is -0.866. The van der Waals surface area contributed by atoms with E-state index in [9.17, 15) is 19.5 Å². The number of rotatable bonds is 5. The number of piperidine rings is 2. The van der Waals surface area contributed by atoms with E-state index in [1.165, 1.54) is 5.56 Å². The second kappa shape index (κ2) is 7.68. The van der Waals surface area contributed by atoms with Crippen LogP contribution in [0.25, 0.3) is 0 Å². The smallest absolute Gasteiger partial charge is 0.323 e. The number of hydrogen-bond donors (Lipinski definition) is 3. The zero-order valence-electron chi connectivity index (χ0n) is 15.8. The predicted octanol–water partition coefficient (Wildman–Crippen LogP) is 1.95. The number of imide groups is 1. The molecule has 3 rings (SSSR count). The lowest BCUT2D eigenvalue weighted by Crippen LogP contribution is -2.52. The highest BCUT2D eigenvalue weighted by Gasteiger charge is 2.36. The third-order valence-electron chi connectivity index (χ3n) is 5.77. The number of aliphatic carboxylic acids is 1. The van der Waals surface area contributed by atoms with Crippen molar-refractivity contribution in [1.82, 2.24) is 10.2 Å². The second-order valence-corrected chi connectivity index (χ2v) is 7.90. The molecule has 7 nitrogen and oxygen atoms in total. The molecule has 0 bridgehead atoms. The summed E-state index contributed by atoms with van der Waals surface area (Å²) in [6.07, 6.45) is 2.71. The third-order valence-corrected chi connectivity index (χ3v) is 5.77. The van der Waals surface area contributed by atoms with Crippen molar-refractivity contribution in [1.29, 1.82) is 0 Å². The maximum absolute atomic E-state index is 11.8. The van der Waals surface area contributed by atoms with Crippen molar-refractivity contribution in [2.75, 3.05) is 18.4 Å². The fourth-order valence-electron chi connectivity index (χ4n) is 3.79. The Balaban J connectivity index is 1.56. The van der Waals surface area contributed by atoms with Gasteiger partial charge in [0.05, 0.1) is 0 Å². The molecule has 1 aromatic carbocycles. The summed E-state index contributed by atoms with van der Waals surface area (Å²) in [5, 5.41) is 14.9. The molecule has 2 fully saturated rings. The zero-order valence-corrected chi connectivity index (χ0v) is 15.8. The Morgan fingerprint density at radius 3 is 2.33 bits per heavy atom. The van der Waals surface area contributed by atoms with Gasteiger partial charge in [-0.1, -0.05) is 12.1 Å². The Morgan fingerprint density at radius 2 is 1.78 bits per heavy atom. The van der Waals surface area contributed by atoms with Crippen LogP contribution in [0.2, 0.25) is 0 Å². The number of carbonyl (C=O) groups excluding carboxylic acids is 2. The number of carboxylic acid groups (broad SMARTS) is 1. The summed E-state index contributed by atoms with van der Waals surface area (Å²) in [5.41, 5.74) is 1.26. The average molecular weight is 373 g/mol. The minimum absolute atomic E-state index is 0.217. The van der Waals surface area contributed by atoms with E-state index in [4.69, 9.17) is 0 Å². The summed E-state index contributed by atoms with van der Waals surface area (Å²) in [6.45, 7) is 5.04. The van der Waals surface area contributed by atoms with Gasteiger partial charge in [0.1, 0.15) is 11.6 Å². The molecule has 2 aliphatic rings. The molecule has 2 heterocycles. The second-order valence-electron chi connectivity index (χ2n) is 7.90. The van der Waals surface area contributed by atoms with E-state index in [1.54, 1.807) is 13.8 Å². The Morgan fingerprint density at radius 1 is 1.15 bits per heavy atom. The molecule has 2 saturated heterocycles. The molecule has 7 heteroatoms. The number of nitrogens with zero attached hydrogens (tertiary/aromatic N) is 1. The van der Waals surface area contributed by atoms with E-state index in [2.05, 4.69) is 22.8 Å². The largest absolute Gasteiger partial charge is 0.480 e. The maximum atomic E-state index is 11.8. The average Bonchev–Trinajstić information content (AvgIpc) is 2.64. The van der Waals surface area contributed by atoms with Crippen molar-refractivity contribution in [3.8, 4) is 0 Å². The summed E-state index contributed by atoms with van der Waals surface area (Å²) < 4.78 is 0. The van der Waals surface area contributed by atoms with E-state index in [1.807, 2.05) is 17.0 Å². The van der Waals surface area contributed by atoms with Crippen LogP contribution in [0.5, 0.6) is 0 Å². The fourth-order valence-corrected chi connectivity index (χ4v) is 3.79. The minimum atomic E-state index is -0.833. The zero-order chi connectivity index (χ0) is 19.6. The Bertz CT molecular complexity index is 721. The molecule has 27 heavy (non-hydrogen) atoms. The van der Waals surface area contributed by atoms with Crippen LogP contribution in [0.3, 0.4) is 0 Å². The SMILES string of the molecule is CC(C)(C(=O)O)N1CCC(c2ccc(NC3CCC(=O)NC3=O)cc2)CC1. The van der Waals surface area contributed by atoms with E-state index < -0.39 is 11.5 Å². The van der Waals surface area contributed by atoms with Crippen molar-refractivity contribution < 1.29 is 19.5 Å². The van der Waals surface area contributed by atoms with Gasteiger partial charge in [-0.25, -0.2) is 0 Å². The van der Waals surface area contributed by atoms with Crippen LogP contribution in [0.15, 0.2) is 24.3 Å². The van der Waals surface area contributed by atoms with Gasteiger partial charge in [0, 0.05) is 12.1 Å². The van der Waals surface area contributed by atoms with Gasteiger partial charge in [0.15, 0.2) is 0 Å². The van der Waals surface area contributed by atoms with Gasteiger partial charge in [-0.15, -0.1) is 0 Å². The molecule has 1 atom stereocenters. The normalized spacial score (nSPS) is 22.4. The van der Waals surface area contributed by atoms with E-state index in [0.29, 0.717) is 18.8 Å². The van der Waals surface area contributed by atoms with Gasteiger partial charge in [-0.3, -0.25) is 24.6 Å². The lowest BCUT2D eigenvalue weighted by atomic mass is 9.87. The molecule has 0 radical (unpaired) electrons. The van der Waals surface area contributed by atoms with Crippen molar-refractivity contribution in [3.63, 3.8) is 0 Å². The van der Waals surface area contributed by atoms with Gasteiger partial charge in [0.25, 0.3) is 0 Å². The summed E-state index contributed by atoms with van der Waals surface area (Å²) in [4.78, 5) is 36.5. The van der Waals surface area contributed by atoms with Crippen molar-refractivity contribution >= 4 is 23.5 Å². The number of likely N-dealkylation sites (tertiary alicyclic amines) is 1. The number of carboxylic acids is 1. The van der Waals surface area contributed by atoms with Gasteiger partial charge >= 0.3 is 5.97 Å². The van der Waals surface area contributed by atoms with Gasteiger partial charge in [-0.05, 0) is 69.8 Å². The van der Waals surface area contributed by atoms with Gasteiger partial charge in [-0.2, -0.15) is 0 Å². The van der Waals surface area contributed by atoms with Crippen LogP contribution in [0.1, 0.15) is 51.0 Å². The Hall–Kier alpha value is -2.41. The molecule has 0 aliphatic carbocycles. The van der Waals surface area contributed by atoms with E-state index in [0.717, 1.165) is 31.6 Å². The van der Waals surface area contributed by atoms with Crippen LogP contribution in [0.4, 0.5) is 5.69 Å². The molecule has 0 spiro atoms. The summed E-state index contributed by atoms with van der Waals surface area (Å²) in [6, 6.07) is 7.68. The predicted molar refractivity (Wildman–Crippen MR) is 101 cm³/mol. The molecule has 2 aliphatic heterocycles. The monoisotopic (exact) mass is 373 g/mol. The molecule has 0 aromatic heterocycles. The molecular formula is C20H27N3O4. The van der Waals surface area contributed by atoms with Crippen LogP contribution in [0, 0.1) is 0 Å². The standard InChI is InChI=1S/C20H27N3O4/c1-20(2,19(26)27)23-11-9-14(10-12-23)13-3-5-15(6-4-13)21-16-7-8-17(24)22-18(16)25/h3-6,14,16,21H,7-12H2,1-2H3,(H,26,27)(H,22,24,25). The first-order chi connectivity index (χ1) is 12.8. The number of nitrogens with one attached hydrogen (secondary N) is 2. The van der Waals surface area contributed by atoms with Crippen LogP contribution in [-0.4, -0.2) is 52.5 Å². The Labute approximate surface area is 159 Å². The highest BCUT2D eigenvalue weighted by atomic mass is 16.4. The number of carbonyl (C=O) groups is 3. The Kier molecular flexibility index (Phi) is 5.51. The lowest BCUT2D eigenvalue weighted by molar-refractivity contribution is -0.150. The number of anilines is 1. The lowest BCUT2D eigenvalue weighted by Gasteiger charge is -2.40. The van der Waals surface area contributed by atoms with Crippen molar-refractivity contribution in [2.45, 2.75) is 57.0 Å². The molecule has 146 valence electrons. The molecular weight excluding hydrogens is 346 g/mol. The molecule has 2 amide bonds. The fraction of sp³-hybridized carbons (Fsp3) is 0.550. The first-order valence-electron chi connectivity index (χ1n) is 9.46. The van der Waals surface area contributed by atoms with Gasteiger partial charge in [0.2, 0.25) is 11.8 Å². The number of benzene rings is 1. The molecule has 3 N–H and O–H groups in total. The maximum Gasteiger partial charge on any atom is 0.323 e.